The van der Waals surface area contributed by atoms with Gasteiger partial charge in [-0.1, -0.05) is 29.9 Å². The topological polar surface area (TPSA) is 38.8 Å². The summed E-state index contributed by atoms with van der Waals surface area (Å²) in [7, 11) is 0. The monoisotopic (exact) mass is 316 g/mol. The third kappa shape index (κ3) is 3.60. The van der Waals surface area contributed by atoms with Crippen molar-refractivity contribution in [1.82, 2.24) is 0 Å². The van der Waals surface area contributed by atoms with Crippen LogP contribution < -0.4 is 0 Å². The predicted molar refractivity (Wildman–Crippen MR) is 91.0 cm³/mol. The van der Waals surface area contributed by atoms with E-state index in [9.17, 15) is 4.79 Å². The van der Waals surface area contributed by atoms with Crippen molar-refractivity contribution in [2.75, 3.05) is 6.61 Å². The van der Waals surface area contributed by atoms with Crippen LogP contribution in [0.3, 0.4) is 0 Å². The molecule has 3 atom stereocenters. The van der Waals surface area contributed by atoms with Crippen LogP contribution in [-0.4, -0.2) is 24.3 Å². The van der Waals surface area contributed by atoms with Crippen molar-refractivity contribution in [3.8, 4) is 0 Å². The van der Waals surface area contributed by atoms with Gasteiger partial charge in [0.2, 0.25) is 0 Å². The highest BCUT2D eigenvalue weighted by Crippen LogP contribution is 2.41. The lowest BCUT2D eigenvalue weighted by molar-refractivity contribution is -0.151. The standard InChI is InChI=1S/C20H28O3/c1-13-6-5-7-14(2)18-16(10-8-13)15(12-22-19(18)21)9-11-17-20(3,4)23-17/h6,9,16-18H,2,5,7-8,10-12H2,1,3-4H3/b13-6+,15-9-/t16?,17?,18-/m0/s1. The van der Waals surface area contributed by atoms with Gasteiger partial charge in [0.1, 0.15) is 6.61 Å². The normalized spacial score (nSPS) is 37.8. The fraction of sp³-hybridized carbons (Fsp3) is 0.650. The number of hydrogen-bond acceptors (Lipinski definition) is 3. The molecule has 0 aromatic heterocycles. The molecule has 2 aliphatic heterocycles. The highest BCUT2D eigenvalue weighted by molar-refractivity contribution is 5.78. The Hall–Kier alpha value is -1.35. The van der Waals surface area contributed by atoms with E-state index in [1.54, 1.807) is 0 Å². The molecular weight excluding hydrogens is 288 g/mol. The average Bonchev–Trinajstić information content (AvgIpc) is 3.08. The van der Waals surface area contributed by atoms with E-state index < -0.39 is 0 Å². The van der Waals surface area contributed by atoms with Crippen LogP contribution in [0.5, 0.6) is 0 Å². The lowest BCUT2D eigenvalue weighted by Crippen LogP contribution is -2.35. The zero-order valence-corrected chi connectivity index (χ0v) is 14.6. The van der Waals surface area contributed by atoms with E-state index in [1.165, 1.54) is 11.1 Å². The van der Waals surface area contributed by atoms with E-state index >= 15 is 0 Å². The third-order valence-corrected chi connectivity index (χ3v) is 5.52. The molecule has 0 bridgehead atoms. The first-order valence-corrected chi connectivity index (χ1v) is 8.75. The molecule has 2 fully saturated rings. The van der Waals surface area contributed by atoms with Gasteiger partial charge in [-0.3, -0.25) is 4.79 Å². The van der Waals surface area contributed by atoms with Crippen molar-refractivity contribution < 1.29 is 14.3 Å². The molecule has 0 amide bonds. The second-order valence-corrected chi connectivity index (χ2v) is 7.70. The van der Waals surface area contributed by atoms with Crippen molar-refractivity contribution in [1.29, 1.82) is 0 Å². The molecule has 2 heterocycles. The SMILES string of the molecule is C=C1CC/C=C(\C)CCC2/C(=C\CC3OC3(C)C)COC(=O)[C@@H]12. The molecule has 3 nitrogen and oxygen atoms in total. The van der Waals surface area contributed by atoms with Gasteiger partial charge < -0.3 is 9.47 Å². The van der Waals surface area contributed by atoms with Gasteiger partial charge in [0.05, 0.1) is 17.6 Å². The van der Waals surface area contributed by atoms with Crippen molar-refractivity contribution in [3.63, 3.8) is 0 Å². The van der Waals surface area contributed by atoms with E-state index in [0.29, 0.717) is 12.7 Å². The van der Waals surface area contributed by atoms with Gasteiger partial charge in [-0.05, 0) is 58.4 Å². The van der Waals surface area contributed by atoms with Crippen LogP contribution in [0.2, 0.25) is 0 Å². The Labute approximate surface area is 139 Å². The molecule has 0 saturated carbocycles. The Morgan fingerprint density at radius 3 is 2.83 bits per heavy atom. The molecule has 0 aromatic carbocycles. The van der Waals surface area contributed by atoms with Crippen LogP contribution in [0, 0.1) is 11.8 Å². The molecular formula is C20H28O3. The van der Waals surface area contributed by atoms with Gasteiger partial charge in [-0.15, -0.1) is 0 Å². The second kappa shape index (κ2) is 6.27. The molecule has 126 valence electrons. The van der Waals surface area contributed by atoms with Crippen molar-refractivity contribution >= 4 is 5.97 Å². The summed E-state index contributed by atoms with van der Waals surface area (Å²) in [6.07, 6.45) is 9.65. The van der Waals surface area contributed by atoms with Crippen LogP contribution in [-0.2, 0) is 14.3 Å². The lowest BCUT2D eigenvalue weighted by Gasteiger charge is -2.33. The molecule has 0 N–H and O–H groups in total. The molecule has 0 radical (unpaired) electrons. The predicted octanol–water partition coefficient (Wildman–Crippen LogP) is 4.35. The van der Waals surface area contributed by atoms with E-state index in [4.69, 9.17) is 9.47 Å². The number of rotatable bonds is 2. The lowest BCUT2D eigenvalue weighted by atomic mass is 9.76. The number of carbonyl (C=O) groups is 1. The number of hydrogen-bond donors (Lipinski definition) is 0. The summed E-state index contributed by atoms with van der Waals surface area (Å²) in [5, 5.41) is 0. The molecule has 0 aromatic rings. The zero-order chi connectivity index (χ0) is 16.6. The summed E-state index contributed by atoms with van der Waals surface area (Å²) in [5.74, 6) is -0.00537. The molecule has 2 saturated heterocycles. The van der Waals surface area contributed by atoms with Gasteiger partial charge in [0.25, 0.3) is 0 Å². The molecule has 2 unspecified atom stereocenters. The Kier molecular flexibility index (Phi) is 4.50. The first-order valence-electron chi connectivity index (χ1n) is 8.75. The van der Waals surface area contributed by atoms with Gasteiger partial charge in [0, 0.05) is 5.92 Å². The summed E-state index contributed by atoms with van der Waals surface area (Å²) >= 11 is 0. The van der Waals surface area contributed by atoms with Crippen molar-refractivity contribution in [2.24, 2.45) is 11.8 Å². The van der Waals surface area contributed by atoms with Gasteiger partial charge in [-0.25, -0.2) is 0 Å². The van der Waals surface area contributed by atoms with E-state index in [0.717, 1.165) is 37.7 Å². The molecule has 23 heavy (non-hydrogen) atoms. The maximum Gasteiger partial charge on any atom is 0.313 e. The summed E-state index contributed by atoms with van der Waals surface area (Å²) in [6.45, 7) is 11.1. The smallest absolute Gasteiger partial charge is 0.313 e. The van der Waals surface area contributed by atoms with Crippen LogP contribution in [0.4, 0.5) is 0 Å². The number of carbonyl (C=O) groups excluding carboxylic acids is 1. The largest absolute Gasteiger partial charge is 0.461 e. The summed E-state index contributed by atoms with van der Waals surface area (Å²) in [4.78, 5) is 12.3. The Bertz CT molecular complexity index is 567. The molecule has 3 rings (SSSR count). The minimum absolute atomic E-state index is 0.00312. The number of esters is 1. The highest BCUT2D eigenvalue weighted by Gasteiger charge is 2.47. The van der Waals surface area contributed by atoms with Gasteiger partial charge in [0.15, 0.2) is 0 Å². The Balaban J connectivity index is 1.80. The molecule has 1 aliphatic carbocycles. The maximum atomic E-state index is 12.3. The average molecular weight is 316 g/mol. The second-order valence-electron chi connectivity index (χ2n) is 7.70. The third-order valence-electron chi connectivity index (χ3n) is 5.52. The quantitative estimate of drug-likeness (QED) is 0.432. The Morgan fingerprint density at radius 1 is 1.39 bits per heavy atom. The molecule has 0 spiro atoms. The van der Waals surface area contributed by atoms with Crippen LogP contribution in [0.25, 0.3) is 0 Å². The van der Waals surface area contributed by atoms with E-state index in [1.807, 2.05) is 0 Å². The summed E-state index contributed by atoms with van der Waals surface area (Å²) < 4.78 is 11.1. The van der Waals surface area contributed by atoms with Gasteiger partial charge in [-0.2, -0.15) is 0 Å². The van der Waals surface area contributed by atoms with Crippen molar-refractivity contribution in [3.05, 3.63) is 35.5 Å². The molecule has 3 heteroatoms. The fourth-order valence-electron chi connectivity index (χ4n) is 3.81. The van der Waals surface area contributed by atoms with Crippen LogP contribution in [0.1, 0.15) is 52.9 Å². The minimum atomic E-state index is -0.164. The number of allylic oxidation sites excluding steroid dienone is 2. The zero-order valence-electron chi connectivity index (χ0n) is 14.6. The molecule has 3 aliphatic rings. The first-order chi connectivity index (χ1) is 10.9. The van der Waals surface area contributed by atoms with Crippen LogP contribution in [0.15, 0.2) is 35.5 Å². The van der Waals surface area contributed by atoms with Gasteiger partial charge >= 0.3 is 5.97 Å². The van der Waals surface area contributed by atoms with Crippen LogP contribution >= 0.6 is 0 Å². The fourth-order valence-corrected chi connectivity index (χ4v) is 3.81. The summed E-state index contributed by atoms with van der Waals surface area (Å²) in [6, 6.07) is 0. The van der Waals surface area contributed by atoms with Crippen molar-refractivity contribution in [2.45, 2.75) is 64.6 Å². The van der Waals surface area contributed by atoms with E-state index in [-0.39, 0.29) is 23.4 Å². The number of fused-ring (bicyclic) bond motifs is 1. The first kappa shape index (κ1) is 16.5. The number of ether oxygens (including phenoxy) is 2. The maximum absolute atomic E-state index is 12.3. The number of epoxide rings is 1. The summed E-state index contributed by atoms with van der Waals surface area (Å²) in [5.41, 5.74) is 3.71. The minimum Gasteiger partial charge on any atom is -0.461 e. The number of cyclic esters (lactones) is 1. The highest BCUT2D eigenvalue weighted by atomic mass is 16.6. The van der Waals surface area contributed by atoms with E-state index in [2.05, 4.69) is 39.5 Å². The Morgan fingerprint density at radius 2 is 2.13 bits per heavy atom.